The van der Waals surface area contributed by atoms with Crippen LogP contribution in [0.4, 0.5) is 4.79 Å². The minimum atomic E-state index is -0.523. The van der Waals surface area contributed by atoms with Crippen molar-refractivity contribution < 1.29 is 9.59 Å². The molecule has 26 heavy (non-hydrogen) atoms. The van der Waals surface area contributed by atoms with Gasteiger partial charge in [0.1, 0.15) is 6.04 Å². The number of piperazine rings is 1. The summed E-state index contributed by atoms with van der Waals surface area (Å²) in [5.74, 6) is 0.573. The summed E-state index contributed by atoms with van der Waals surface area (Å²) in [6.07, 6.45) is 0.781. The minimum Gasteiger partial charge on any atom is -0.338 e. The molecule has 0 spiro atoms. The third-order valence-electron chi connectivity index (χ3n) is 4.70. The lowest BCUT2D eigenvalue weighted by Gasteiger charge is -2.34. The first-order valence-corrected chi connectivity index (χ1v) is 9.82. The van der Waals surface area contributed by atoms with Gasteiger partial charge in [0.05, 0.1) is 0 Å². The maximum atomic E-state index is 12.6. The average Bonchev–Trinajstić information content (AvgIpc) is 2.65. The van der Waals surface area contributed by atoms with Crippen LogP contribution in [0.15, 0.2) is 30.3 Å². The Kier molecular flexibility index (Phi) is 8.25. The van der Waals surface area contributed by atoms with Crippen LogP contribution in [-0.4, -0.2) is 84.7 Å². The Balaban J connectivity index is 1.86. The van der Waals surface area contributed by atoms with Gasteiger partial charge in [-0.2, -0.15) is 12.6 Å². The van der Waals surface area contributed by atoms with Gasteiger partial charge in [-0.1, -0.05) is 30.3 Å². The molecule has 1 aliphatic rings. The van der Waals surface area contributed by atoms with E-state index in [1.54, 1.807) is 11.8 Å². The summed E-state index contributed by atoms with van der Waals surface area (Å²) in [6.45, 7) is 6.08. The van der Waals surface area contributed by atoms with Gasteiger partial charge in [0.15, 0.2) is 0 Å². The van der Waals surface area contributed by atoms with Crippen molar-refractivity contribution in [2.45, 2.75) is 19.4 Å². The number of likely N-dealkylation sites (N-methyl/N-ethyl adjacent to an activating group) is 1. The first-order valence-electron chi connectivity index (χ1n) is 9.19. The van der Waals surface area contributed by atoms with Crippen LogP contribution in [0.25, 0.3) is 0 Å². The molecule has 0 radical (unpaired) electrons. The highest BCUT2D eigenvalue weighted by atomic mass is 32.1. The molecule has 0 bridgehead atoms. The highest BCUT2D eigenvalue weighted by Crippen LogP contribution is 2.05. The van der Waals surface area contributed by atoms with Crippen LogP contribution in [-0.2, 0) is 11.2 Å². The topological polar surface area (TPSA) is 55.9 Å². The molecule has 1 saturated heterocycles. The lowest BCUT2D eigenvalue weighted by Crippen LogP contribution is -2.55. The normalized spacial score (nSPS) is 16.2. The van der Waals surface area contributed by atoms with E-state index in [2.05, 4.69) is 42.0 Å². The maximum absolute atomic E-state index is 12.6. The molecule has 1 atom stereocenters. The van der Waals surface area contributed by atoms with Crippen molar-refractivity contribution >= 4 is 24.6 Å². The van der Waals surface area contributed by atoms with Gasteiger partial charge in [-0.15, -0.1) is 0 Å². The van der Waals surface area contributed by atoms with Crippen LogP contribution in [0.3, 0.4) is 0 Å². The third-order valence-corrected chi connectivity index (χ3v) is 4.90. The number of urea groups is 1. The SMILES string of the molecule is CC(NC(=O)N(CCS)CCc1ccccc1)C(=O)N1CCN(C)CC1. The summed E-state index contributed by atoms with van der Waals surface area (Å²) in [5.41, 5.74) is 1.19. The van der Waals surface area contributed by atoms with Crippen molar-refractivity contribution in [2.24, 2.45) is 0 Å². The van der Waals surface area contributed by atoms with Gasteiger partial charge in [0.2, 0.25) is 5.91 Å². The molecule has 6 nitrogen and oxygen atoms in total. The van der Waals surface area contributed by atoms with Crippen molar-refractivity contribution in [1.82, 2.24) is 20.0 Å². The number of hydrogen-bond donors (Lipinski definition) is 2. The number of hydrogen-bond acceptors (Lipinski definition) is 4. The highest BCUT2D eigenvalue weighted by Gasteiger charge is 2.26. The van der Waals surface area contributed by atoms with Crippen molar-refractivity contribution in [3.05, 3.63) is 35.9 Å². The predicted octanol–water partition coefficient (Wildman–Crippen LogP) is 1.33. The Bertz CT molecular complexity index is 576. The van der Waals surface area contributed by atoms with Crippen molar-refractivity contribution in [3.8, 4) is 0 Å². The minimum absolute atomic E-state index is 0.0136. The Hall–Kier alpha value is -1.73. The summed E-state index contributed by atoms with van der Waals surface area (Å²) in [7, 11) is 2.05. The van der Waals surface area contributed by atoms with E-state index in [-0.39, 0.29) is 11.9 Å². The zero-order valence-corrected chi connectivity index (χ0v) is 16.6. The summed E-state index contributed by atoms with van der Waals surface area (Å²) < 4.78 is 0. The van der Waals surface area contributed by atoms with Crippen LogP contribution < -0.4 is 5.32 Å². The molecule has 1 aromatic rings. The molecule has 2 rings (SSSR count). The third kappa shape index (κ3) is 6.21. The lowest BCUT2D eigenvalue weighted by atomic mass is 10.1. The largest absolute Gasteiger partial charge is 0.338 e. The first-order chi connectivity index (χ1) is 12.5. The Morgan fingerprint density at radius 3 is 2.42 bits per heavy atom. The molecular weight excluding hydrogens is 348 g/mol. The molecule has 1 heterocycles. The molecule has 1 fully saturated rings. The molecule has 1 N–H and O–H groups in total. The van der Waals surface area contributed by atoms with Crippen LogP contribution in [0.5, 0.6) is 0 Å². The number of nitrogens with zero attached hydrogens (tertiary/aromatic N) is 3. The van der Waals surface area contributed by atoms with E-state index in [1.807, 2.05) is 23.1 Å². The lowest BCUT2D eigenvalue weighted by molar-refractivity contribution is -0.134. The molecule has 1 aliphatic heterocycles. The van der Waals surface area contributed by atoms with E-state index in [4.69, 9.17) is 0 Å². The van der Waals surface area contributed by atoms with Crippen molar-refractivity contribution in [1.29, 1.82) is 0 Å². The van der Waals surface area contributed by atoms with E-state index < -0.39 is 6.04 Å². The second-order valence-corrected chi connectivity index (χ2v) is 7.19. The zero-order chi connectivity index (χ0) is 18.9. The molecule has 7 heteroatoms. The molecular formula is C19H30N4O2S. The molecule has 1 aromatic carbocycles. The van der Waals surface area contributed by atoms with Crippen molar-refractivity contribution in [2.75, 3.05) is 52.1 Å². The Morgan fingerprint density at radius 1 is 1.15 bits per heavy atom. The second kappa shape index (κ2) is 10.4. The first kappa shape index (κ1) is 20.6. The van der Waals surface area contributed by atoms with E-state index >= 15 is 0 Å². The number of nitrogens with one attached hydrogen (secondary N) is 1. The smallest absolute Gasteiger partial charge is 0.318 e. The maximum Gasteiger partial charge on any atom is 0.318 e. The predicted molar refractivity (Wildman–Crippen MR) is 108 cm³/mol. The fourth-order valence-electron chi connectivity index (χ4n) is 2.98. The van der Waals surface area contributed by atoms with Gasteiger partial charge in [0, 0.05) is 45.0 Å². The van der Waals surface area contributed by atoms with Gasteiger partial charge in [-0.05, 0) is 26.0 Å². The number of carbonyl (C=O) groups excluding carboxylic acids is 2. The second-order valence-electron chi connectivity index (χ2n) is 6.75. The summed E-state index contributed by atoms with van der Waals surface area (Å²) in [6, 6.07) is 9.35. The molecule has 144 valence electrons. The number of thiol groups is 1. The summed E-state index contributed by atoms with van der Waals surface area (Å²) >= 11 is 4.26. The summed E-state index contributed by atoms with van der Waals surface area (Å²) in [5, 5.41) is 2.86. The van der Waals surface area contributed by atoms with E-state index in [0.717, 1.165) is 19.5 Å². The van der Waals surface area contributed by atoms with Crippen LogP contribution >= 0.6 is 12.6 Å². The number of rotatable bonds is 7. The van der Waals surface area contributed by atoms with Crippen molar-refractivity contribution in [3.63, 3.8) is 0 Å². The zero-order valence-electron chi connectivity index (χ0n) is 15.7. The fraction of sp³-hybridized carbons (Fsp3) is 0.579. The highest BCUT2D eigenvalue weighted by molar-refractivity contribution is 7.80. The monoisotopic (exact) mass is 378 g/mol. The molecule has 0 aliphatic carbocycles. The standard InChI is InChI=1S/C19H30N4O2S/c1-16(18(24)22-12-10-21(2)11-13-22)20-19(25)23(14-15-26)9-8-17-6-4-3-5-7-17/h3-7,16,26H,8-15H2,1-2H3,(H,20,25). The quantitative estimate of drug-likeness (QED) is 0.704. The Morgan fingerprint density at radius 2 is 1.81 bits per heavy atom. The molecule has 1 unspecified atom stereocenters. The number of carbonyl (C=O) groups is 2. The van der Waals surface area contributed by atoms with Gasteiger partial charge in [-0.25, -0.2) is 4.79 Å². The molecule has 0 aromatic heterocycles. The van der Waals surface area contributed by atoms with Gasteiger partial charge in [0.25, 0.3) is 0 Å². The number of benzene rings is 1. The average molecular weight is 379 g/mol. The molecule has 0 saturated carbocycles. The number of amides is 3. The van der Waals surface area contributed by atoms with Gasteiger partial charge < -0.3 is 20.0 Å². The Labute approximate surface area is 161 Å². The van der Waals surface area contributed by atoms with Crippen LogP contribution in [0.2, 0.25) is 0 Å². The summed E-state index contributed by atoms with van der Waals surface area (Å²) in [4.78, 5) is 30.9. The van der Waals surface area contributed by atoms with E-state index in [9.17, 15) is 9.59 Å². The fourth-order valence-corrected chi connectivity index (χ4v) is 3.22. The van der Waals surface area contributed by atoms with E-state index in [0.29, 0.717) is 31.9 Å². The van der Waals surface area contributed by atoms with Crippen LogP contribution in [0.1, 0.15) is 12.5 Å². The van der Waals surface area contributed by atoms with Gasteiger partial charge >= 0.3 is 6.03 Å². The van der Waals surface area contributed by atoms with Gasteiger partial charge in [-0.3, -0.25) is 4.79 Å². The van der Waals surface area contributed by atoms with Crippen LogP contribution in [0, 0.1) is 0 Å². The molecule has 3 amide bonds. The van der Waals surface area contributed by atoms with E-state index in [1.165, 1.54) is 5.56 Å².